The van der Waals surface area contributed by atoms with E-state index >= 15 is 0 Å². The Bertz CT molecular complexity index is 535. The smallest absolute Gasteiger partial charge is 0.230 e. The van der Waals surface area contributed by atoms with Crippen molar-refractivity contribution in [3.63, 3.8) is 0 Å². The molecule has 8 heteroatoms. The van der Waals surface area contributed by atoms with E-state index in [2.05, 4.69) is 20.4 Å². The molecule has 0 unspecified atom stereocenters. The molecular weight excluding hydrogens is 264 g/mol. The Morgan fingerprint density at radius 2 is 2.21 bits per heavy atom. The van der Waals surface area contributed by atoms with Gasteiger partial charge >= 0.3 is 0 Å². The summed E-state index contributed by atoms with van der Waals surface area (Å²) in [6, 6.07) is 0. The minimum atomic E-state index is 0.624. The number of aromatic nitrogens is 4. The van der Waals surface area contributed by atoms with Gasteiger partial charge in [0.05, 0.1) is 18.5 Å². The van der Waals surface area contributed by atoms with E-state index in [1.807, 2.05) is 26.0 Å². The number of ether oxygens (including phenoxy) is 1. The largest absolute Gasteiger partial charge is 0.480 e. The van der Waals surface area contributed by atoms with Gasteiger partial charge in [0.2, 0.25) is 5.88 Å². The second-order valence-electron chi connectivity index (χ2n) is 4.26. The molecule has 1 N–H and O–H groups in total. The normalized spacial score (nSPS) is 10.7. The first-order chi connectivity index (χ1) is 9.10. The summed E-state index contributed by atoms with van der Waals surface area (Å²) < 4.78 is 6.97. The third-order valence-corrected chi connectivity index (χ3v) is 3.65. The number of hydrogen-bond acceptors (Lipinski definition) is 7. The first kappa shape index (κ1) is 13.8. The Morgan fingerprint density at radius 3 is 2.79 bits per heavy atom. The van der Waals surface area contributed by atoms with Crippen LogP contribution in [0.5, 0.6) is 5.88 Å². The van der Waals surface area contributed by atoms with E-state index in [1.54, 1.807) is 29.5 Å². The molecule has 7 nitrogen and oxygen atoms in total. The fourth-order valence-electron chi connectivity index (χ4n) is 1.54. The van der Waals surface area contributed by atoms with Crippen LogP contribution < -0.4 is 15.0 Å². The summed E-state index contributed by atoms with van der Waals surface area (Å²) in [4.78, 5) is 11.6. The predicted octanol–water partition coefficient (Wildman–Crippen LogP) is 0.636. The summed E-state index contributed by atoms with van der Waals surface area (Å²) >= 11 is 1.61. The summed E-state index contributed by atoms with van der Waals surface area (Å²) in [7, 11) is 7.42. The van der Waals surface area contributed by atoms with Crippen molar-refractivity contribution in [3.8, 4) is 5.88 Å². The molecule has 0 radical (unpaired) electrons. The number of nitrogens with zero attached hydrogens (tertiary/aromatic N) is 5. The molecule has 0 fully saturated rings. The number of rotatable bonds is 6. The molecule has 0 bridgehead atoms. The summed E-state index contributed by atoms with van der Waals surface area (Å²) in [5.74, 6) is 1.45. The molecule has 2 heterocycles. The standard InChI is InChI=1S/C11H18N6OS/c1-16(2)11-14-10(18-4)8(19-11)5-12-6-9-13-7-17(3)15-9/h7,12H,5-6H2,1-4H3. The topological polar surface area (TPSA) is 68.1 Å². The molecule has 19 heavy (non-hydrogen) atoms. The van der Waals surface area contributed by atoms with E-state index < -0.39 is 0 Å². The molecule has 0 aromatic carbocycles. The van der Waals surface area contributed by atoms with E-state index in [4.69, 9.17) is 4.74 Å². The number of methoxy groups -OCH3 is 1. The van der Waals surface area contributed by atoms with E-state index in [0.29, 0.717) is 19.0 Å². The number of thiazole rings is 1. The van der Waals surface area contributed by atoms with Crippen molar-refractivity contribution in [2.24, 2.45) is 7.05 Å². The zero-order valence-corrected chi connectivity index (χ0v) is 12.4. The van der Waals surface area contributed by atoms with E-state index in [1.165, 1.54) is 0 Å². The first-order valence-corrected chi connectivity index (χ1v) is 6.68. The van der Waals surface area contributed by atoms with Gasteiger partial charge in [0.25, 0.3) is 0 Å². The highest BCUT2D eigenvalue weighted by atomic mass is 32.1. The lowest BCUT2D eigenvalue weighted by atomic mass is 10.5. The zero-order valence-electron chi connectivity index (χ0n) is 11.5. The lowest BCUT2D eigenvalue weighted by Gasteiger charge is -2.04. The van der Waals surface area contributed by atoms with Crippen LogP contribution in [0.2, 0.25) is 0 Å². The Labute approximate surface area is 116 Å². The van der Waals surface area contributed by atoms with Crippen molar-refractivity contribution in [3.05, 3.63) is 17.0 Å². The Morgan fingerprint density at radius 1 is 1.42 bits per heavy atom. The van der Waals surface area contributed by atoms with Crippen LogP contribution in [-0.2, 0) is 20.1 Å². The average molecular weight is 282 g/mol. The molecule has 0 aliphatic heterocycles. The maximum atomic E-state index is 5.28. The monoisotopic (exact) mass is 282 g/mol. The van der Waals surface area contributed by atoms with Crippen molar-refractivity contribution in [2.75, 3.05) is 26.1 Å². The number of hydrogen-bond donors (Lipinski definition) is 1. The van der Waals surface area contributed by atoms with E-state index in [-0.39, 0.29) is 0 Å². The second-order valence-corrected chi connectivity index (χ2v) is 5.32. The van der Waals surface area contributed by atoms with Gasteiger partial charge in [-0.25, -0.2) is 4.98 Å². The molecule has 0 aliphatic rings. The molecule has 0 amide bonds. The van der Waals surface area contributed by atoms with Crippen LogP contribution in [0, 0.1) is 0 Å². The second kappa shape index (κ2) is 5.98. The van der Waals surface area contributed by atoms with Gasteiger partial charge in [-0.3, -0.25) is 4.68 Å². The van der Waals surface area contributed by atoms with Gasteiger partial charge < -0.3 is 15.0 Å². The maximum absolute atomic E-state index is 5.28. The highest BCUT2D eigenvalue weighted by molar-refractivity contribution is 7.15. The molecular formula is C11H18N6OS. The summed E-state index contributed by atoms with van der Waals surface area (Å²) in [6.45, 7) is 1.31. The van der Waals surface area contributed by atoms with E-state index in [0.717, 1.165) is 15.8 Å². The van der Waals surface area contributed by atoms with Gasteiger partial charge in [0.15, 0.2) is 11.0 Å². The Kier molecular flexibility index (Phi) is 4.33. The summed E-state index contributed by atoms with van der Waals surface area (Å²) in [5, 5.41) is 8.44. The van der Waals surface area contributed by atoms with Crippen LogP contribution in [0.15, 0.2) is 6.33 Å². The zero-order chi connectivity index (χ0) is 13.8. The van der Waals surface area contributed by atoms with Crippen molar-refractivity contribution < 1.29 is 4.74 Å². The van der Waals surface area contributed by atoms with Crippen LogP contribution in [-0.4, -0.2) is 41.0 Å². The highest BCUT2D eigenvalue weighted by Crippen LogP contribution is 2.30. The lowest BCUT2D eigenvalue weighted by molar-refractivity contribution is 0.394. The Balaban J connectivity index is 1.95. The van der Waals surface area contributed by atoms with Gasteiger partial charge in [-0.15, -0.1) is 0 Å². The van der Waals surface area contributed by atoms with Crippen molar-refractivity contribution >= 4 is 16.5 Å². The van der Waals surface area contributed by atoms with Gasteiger partial charge in [-0.2, -0.15) is 10.1 Å². The minimum Gasteiger partial charge on any atom is -0.480 e. The number of anilines is 1. The van der Waals surface area contributed by atoms with Crippen LogP contribution in [0.3, 0.4) is 0 Å². The quantitative estimate of drug-likeness (QED) is 0.838. The van der Waals surface area contributed by atoms with Crippen LogP contribution in [0.25, 0.3) is 0 Å². The summed E-state index contributed by atoms with van der Waals surface area (Å²) in [5.41, 5.74) is 0. The SMILES string of the molecule is COc1nc(N(C)C)sc1CNCc1ncn(C)n1. The molecule has 0 saturated carbocycles. The third-order valence-electron chi connectivity index (χ3n) is 2.44. The van der Waals surface area contributed by atoms with Crippen molar-refractivity contribution in [2.45, 2.75) is 13.1 Å². The molecule has 2 aromatic rings. The lowest BCUT2D eigenvalue weighted by Crippen LogP contribution is -2.13. The van der Waals surface area contributed by atoms with Crippen LogP contribution >= 0.6 is 11.3 Å². The summed E-state index contributed by atoms with van der Waals surface area (Å²) in [6.07, 6.45) is 1.69. The van der Waals surface area contributed by atoms with E-state index in [9.17, 15) is 0 Å². The highest BCUT2D eigenvalue weighted by Gasteiger charge is 2.12. The van der Waals surface area contributed by atoms with Crippen LogP contribution in [0.4, 0.5) is 5.13 Å². The molecule has 0 atom stereocenters. The van der Waals surface area contributed by atoms with Crippen molar-refractivity contribution in [1.82, 2.24) is 25.1 Å². The van der Waals surface area contributed by atoms with Crippen LogP contribution in [0.1, 0.15) is 10.7 Å². The molecule has 104 valence electrons. The van der Waals surface area contributed by atoms with Gasteiger partial charge in [-0.05, 0) is 0 Å². The fourth-order valence-corrected chi connectivity index (χ4v) is 2.46. The third kappa shape index (κ3) is 3.42. The minimum absolute atomic E-state index is 0.624. The van der Waals surface area contributed by atoms with Gasteiger partial charge in [0.1, 0.15) is 6.33 Å². The number of aryl methyl sites for hydroxylation is 1. The average Bonchev–Trinajstić information content (AvgIpc) is 2.96. The molecule has 0 saturated heterocycles. The number of nitrogens with one attached hydrogen (secondary N) is 1. The van der Waals surface area contributed by atoms with Gasteiger partial charge in [-0.1, -0.05) is 11.3 Å². The van der Waals surface area contributed by atoms with Crippen molar-refractivity contribution in [1.29, 1.82) is 0 Å². The predicted molar refractivity (Wildman–Crippen MR) is 74.5 cm³/mol. The molecule has 2 rings (SSSR count). The Hall–Kier alpha value is -1.67. The first-order valence-electron chi connectivity index (χ1n) is 5.86. The molecule has 2 aromatic heterocycles. The van der Waals surface area contributed by atoms with Gasteiger partial charge in [0, 0.05) is 27.7 Å². The molecule has 0 aliphatic carbocycles. The maximum Gasteiger partial charge on any atom is 0.230 e. The molecule has 0 spiro atoms. The fraction of sp³-hybridized carbons (Fsp3) is 0.545.